The molecule has 0 atom stereocenters. The van der Waals surface area contributed by atoms with E-state index in [1.807, 2.05) is 0 Å². The van der Waals surface area contributed by atoms with Gasteiger partial charge in [0.2, 0.25) is 5.91 Å². The molecule has 0 spiro atoms. The van der Waals surface area contributed by atoms with Gasteiger partial charge < -0.3 is 19.7 Å². The molecule has 1 aliphatic heterocycles. The summed E-state index contributed by atoms with van der Waals surface area (Å²) in [6, 6.07) is 11.1. The SMILES string of the molecule is COC(=O)CCC(=O)Nc1ccc2c(c1)OCC(=O)N2Cc1ccccc1F. The van der Waals surface area contributed by atoms with Crippen LogP contribution in [0.3, 0.4) is 0 Å². The van der Waals surface area contributed by atoms with E-state index in [1.54, 1.807) is 36.4 Å². The van der Waals surface area contributed by atoms with Crippen LogP contribution in [-0.4, -0.2) is 31.5 Å². The maximum absolute atomic E-state index is 14.0. The standard InChI is InChI=1S/C20H19FN2O5/c1-27-20(26)9-8-18(24)22-14-6-7-16-17(10-14)28-12-19(25)23(16)11-13-4-2-3-5-15(13)21/h2-7,10H,8-9,11-12H2,1H3,(H,22,24). The highest BCUT2D eigenvalue weighted by Gasteiger charge is 2.26. The van der Waals surface area contributed by atoms with Crippen LogP contribution in [0.4, 0.5) is 15.8 Å². The van der Waals surface area contributed by atoms with Crippen molar-refractivity contribution >= 4 is 29.2 Å². The number of halogens is 1. The van der Waals surface area contributed by atoms with Crippen LogP contribution in [0.15, 0.2) is 42.5 Å². The molecule has 1 heterocycles. The molecule has 2 amide bonds. The highest BCUT2D eigenvalue weighted by Crippen LogP contribution is 2.35. The van der Waals surface area contributed by atoms with Gasteiger partial charge in [0.05, 0.1) is 25.8 Å². The molecular formula is C20H19FN2O5. The monoisotopic (exact) mass is 386 g/mol. The van der Waals surface area contributed by atoms with Gasteiger partial charge in [-0.3, -0.25) is 14.4 Å². The number of hydrogen-bond acceptors (Lipinski definition) is 5. The number of carbonyl (C=O) groups is 3. The number of rotatable bonds is 6. The van der Waals surface area contributed by atoms with Gasteiger partial charge in [-0.05, 0) is 18.2 Å². The third-order valence-corrected chi connectivity index (χ3v) is 4.26. The van der Waals surface area contributed by atoms with Gasteiger partial charge in [-0.1, -0.05) is 18.2 Å². The van der Waals surface area contributed by atoms with E-state index in [0.29, 0.717) is 22.7 Å². The largest absolute Gasteiger partial charge is 0.481 e. The van der Waals surface area contributed by atoms with Crippen molar-refractivity contribution in [1.29, 1.82) is 0 Å². The van der Waals surface area contributed by atoms with Crippen molar-refractivity contribution in [2.24, 2.45) is 0 Å². The summed E-state index contributed by atoms with van der Waals surface area (Å²) in [7, 11) is 1.26. The number of hydrogen-bond donors (Lipinski definition) is 1. The Morgan fingerprint density at radius 1 is 1.21 bits per heavy atom. The fourth-order valence-corrected chi connectivity index (χ4v) is 2.79. The summed E-state index contributed by atoms with van der Waals surface area (Å²) in [5.74, 6) is -1.09. The topological polar surface area (TPSA) is 84.9 Å². The summed E-state index contributed by atoms with van der Waals surface area (Å²) in [5.41, 5.74) is 1.35. The molecule has 7 nitrogen and oxygen atoms in total. The average molecular weight is 386 g/mol. The smallest absolute Gasteiger partial charge is 0.306 e. The third kappa shape index (κ3) is 4.46. The van der Waals surface area contributed by atoms with E-state index in [2.05, 4.69) is 10.1 Å². The molecular weight excluding hydrogens is 367 g/mol. The van der Waals surface area contributed by atoms with Gasteiger partial charge in [-0.25, -0.2) is 4.39 Å². The molecule has 2 aromatic carbocycles. The highest BCUT2D eigenvalue weighted by atomic mass is 19.1. The molecule has 0 aromatic heterocycles. The van der Waals surface area contributed by atoms with Crippen LogP contribution in [0.1, 0.15) is 18.4 Å². The Kier molecular flexibility index (Phi) is 5.88. The Hall–Kier alpha value is -3.42. The minimum atomic E-state index is -0.466. The lowest BCUT2D eigenvalue weighted by molar-refractivity contribution is -0.141. The van der Waals surface area contributed by atoms with E-state index in [0.717, 1.165) is 0 Å². The lowest BCUT2D eigenvalue weighted by Crippen LogP contribution is -2.38. The van der Waals surface area contributed by atoms with E-state index < -0.39 is 11.8 Å². The normalized spacial score (nSPS) is 12.8. The van der Waals surface area contributed by atoms with Crippen LogP contribution < -0.4 is 15.0 Å². The van der Waals surface area contributed by atoms with E-state index in [1.165, 1.54) is 18.1 Å². The van der Waals surface area contributed by atoms with Gasteiger partial charge in [0.1, 0.15) is 11.6 Å². The number of nitrogens with zero attached hydrogens (tertiary/aromatic N) is 1. The minimum Gasteiger partial charge on any atom is -0.481 e. The predicted molar refractivity (Wildman–Crippen MR) is 99.4 cm³/mol. The predicted octanol–water partition coefficient (Wildman–Crippen LogP) is 2.64. The molecule has 1 aliphatic rings. The molecule has 28 heavy (non-hydrogen) atoms. The second-order valence-electron chi connectivity index (χ2n) is 6.17. The van der Waals surface area contributed by atoms with Gasteiger partial charge in [-0.2, -0.15) is 0 Å². The van der Waals surface area contributed by atoms with E-state index in [-0.39, 0.29) is 37.8 Å². The molecule has 8 heteroatoms. The number of ether oxygens (including phenoxy) is 2. The lowest BCUT2D eigenvalue weighted by Gasteiger charge is -2.30. The van der Waals surface area contributed by atoms with Gasteiger partial charge in [0.25, 0.3) is 5.91 Å². The Morgan fingerprint density at radius 3 is 2.75 bits per heavy atom. The first kappa shape index (κ1) is 19.3. The Labute approximate surface area is 161 Å². The van der Waals surface area contributed by atoms with Gasteiger partial charge in [0.15, 0.2) is 6.61 Å². The molecule has 0 fully saturated rings. The van der Waals surface area contributed by atoms with E-state index in [9.17, 15) is 18.8 Å². The van der Waals surface area contributed by atoms with Crippen molar-refractivity contribution in [3.8, 4) is 5.75 Å². The highest BCUT2D eigenvalue weighted by molar-refractivity contribution is 5.99. The number of carbonyl (C=O) groups excluding carboxylic acids is 3. The molecule has 0 unspecified atom stereocenters. The second-order valence-corrected chi connectivity index (χ2v) is 6.17. The minimum absolute atomic E-state index is 0.0114. The molecule has 3 rings (SSSR count). The molecule has 0 saturated carbocycles. The first-order valence-electron chi connectivity index (χ1n) is 8.65. The average Bonchev–Trinajstić information content (AvgIpc) is 2.69. The fourth-order valence-electron chi connectivity index (χ4n) is 2.79. The fraction of sp³-hybridized carbons (Fsp3) is 0.250. The van der Waals surface area contributed by atoms with Crippen LogP contribution >= 0.6 is 0 Å². The number of amides is 2. The molecule has 0 bridgehead atoms. The van der Waals surface area contributed by atoms with E-state index in [4.69, 9.17) is 4.74 Å². The first-order chi connectivity index (χ1) is 13.5. The molecule has 0 radical (unpaired) electrons. The Balaban J connectivity index is 1.74. The van der Waals surface area contributed by atoms with Crippen molar-refractivity contribution < 1.29 is 28.2 Å². The summed E-state index contributed by atoms with van der Waals surface area (Å²) in [4.78, 5) is 36.8. The van der Waals surface area contributed by atoms with Crippen molar-refractivity contribution in [3.05, 3.63) is 53.8 Å². The van der Waals surface area contributed by atoms with Crippen LogP contribution in [-0.2, 0) is 25.7 Å². The van der Waals surface area contributed by atoms with Gasteiger partial charge in [0, 0.05) is 23.7 Å². The van der Waals surface area contributed by atoms with Crippen molar-refractivity contribution in [3.63, 3.8) is 0 Å². The van der Waals surface area contributed by atoms with Gasteiger partial charge in [-0.15, -0.1) is 0 Å². The zero-order chi connectivity index (χ0) is 20.1. The number of fused-ring (bicyclic) bond motifs is 1. The van der Waals surface area contributed by atoms with Crippen molar-refractivity contribution in [2.45, 2.75) is 19.4 Å². The van der Waals surface area contributed by atoms with Crippen LogP contribution in [0.5, 0.6) is 5.75 Å². The van der Waals surface area contributed by atoms with Crippen LogP contribution in [0.2, 0.25) is 0 Å². The maximum atomic E-state index is 14.0. The molecule has 1 N–H and O–H groups in total. The van der Waals surface area contributed by atoms with E-state index >= 15 is 0 Å². The second kappa shape index (κ2) is 8.51. The molecule has 2 aromatic rings. The van der Waals surface area contributed by atoms with Crippen molar-refractivity contribution in [2.75, 3.05) is 23.9 Å². The van der Waals surface area contributed by atoms with Gasteiger partial charge >= 0.3 is 5.97 Å². The molecule has 0 saturated heterocycles. The summed E-state index contributed by atoms with van der Waals surface area (Å²) in [6.45, 7) is -0.103. The summed E-state index contributed by atoms with van der Waals surface area (Å²) < 4.78 is 23.9. The Morgan fingerprint density at radius 2 is 2.00 bits per heavy atom. The molecule has 0 aliphatic carbocycles. The number of esters is 1. The number of benzene rings is 2. The maximum Gasteiger partial charge on any atom is 0.306 e. The van der Waals surface area contributed by atoms with Crippen LogP contribution in [0.25, 0.3) is 0 Å². The van der Waals surface area contributed by atoms with Crippen molar-refractivity contribution in [1.82, 2.24) is 0 Å². The number of methoxy groups -OCH3 is 1. The summed E-state index contributed by atoms with van der Waals surface area (Å²) in [6.07, 6.45) is -0.0306. The lowest BCUT2D eigenvalue weighted by atomic mass is 10.1. The summed E-state index contributed by atoms with van der Waals surface area (Å²) in [5, 5.41) is 2.67. The number of nitrogens with one attached hydrogen (secondary N) is 1. The van der Waals surface area contributed by atoms with Crippen LogP contribution in [0, 0.1) is 5.82 Å². The first-order valence-corrected chi connectivity index (χ1v) is 8.65. The zero-order valence-corrected chi connectivity index (χ0v) is 15.2. The zero-order valence-electron chi connectivity index (χ0n) is 15.2. The Bertz CT molecular complexity index is 915. The quantitative estimate of drug-likeness (QED) is 0.772. The summed E-state index contributed by atoms with van der Waals surface area (Å²) >= 11 is 0. The number of anilines is 2. The third-order valence-electron chi connectivity index (χ3n) is 4.26. The molecule has 146 valence electrons.